The number of carbonyl (C=O) groups is 2. The van der Waals surface area contributed by atoms with Gasteiger partial charge in [0.15, 0.2) is 5.78 Å². The Kier molecular flexibility index (Phi) is 4.35. The molecule has 0 saturated heterocycles. The van der Waals surface area contributed by atoms with Crippen LogP contribution in [0.3, 0.4) is 0 Å². The summed E-state index contributed by atoms with van der Waals surface area (Å²) in [4.78, 5) is 22.9. The molecule has 5 nitrogen and oxygen atoms in total. The number of carbonyl (C=O) groups excluding carboxylic acids is 1. The fourth-order valence-electron chi connectivity index (χ4n) is 1.91. The van der Waals surface area contributed by atoms with Gasteiger partial charge in [0, 0.05) is 11.1 Å². The molecule has 108 valence electrons. The van der Waals surface area contributed by atoms with Crippen LogP contribution in [-0.2, 0) is 11.2 Å². The van der Waals surface area contributed by atoms with E-state index in [1.807, 2.05) is 0 Å². The highest BCUT2D eigenvalue weighted by atomic mass is 16.4. The maximum atomic E-state index is 12.2. The predicted octanol–water partition coefficient (Wildman–Crippen LogP) is 1.58. The summed E-state index contributed by atoms with van der Waals surface area (Å²) >= 11 is 0. The SMILES string of the molecule is N[C@@H](Cc1ccc(C(=O)c2ccc(O)cc2)cc1)C(=O)O. The number of aromatic hydroxyl groups is 1. The smallest absolute Gasteiger partial charge is 0.320 e. The third kappa shape index (κ3) is 3.67. The Morgan fingerprint density at radius 1 is 0.952 bits per heavy atom. The molecular weight excluding hydrogens is 270 g/mol. The lowest BCUT2D eigenvalue weighted by Gasteiger charge is -2.07. The number of hydrogen-bond acceptors (Lipinski definition) is 4. The van der Waals surface area contributed by atoms with Gasteiger partial charge in [-0.1, -0.05) is 24.3 Å². The van der Waals surface area contributed by atoms with Crippen molar-refractivity contribution in [3.63, 3.8) is 0 Å². The Morgan fingerprint density at radius 2 is 1.43 bits per heavy atom. The van der Waals surface area contributed by atoms with E-state index in [0.29, 0.717) is 11.1 Å². The van der Waals surface area contributed by atoms with Gasteiger partial charge in [0.1, 0.15) is 11.8 Å². The van der Waals surface area contributed by atoms with Gasteiger partial charge in [-0.15, -0.1) is 0 Å². The van der Waals surface area contributed by atoms with Crippen LogP contribution in [0.4, 0.5) is 0 Å². The van der Waals surface area contributed by atoms with Gasteiger partial charge < -0.3 is 15.9 Å². The van der Waals surface area contributed by atoms with Crippen molar-refractivity contribution in [1.29, 1.82) is 0 Å². The summed E-state index contributed by atoms with van der Waals surface area (Å²) in [5, 5.41) is 18.0. The molecule has 0 fully saturated rings. The number of nitrogens with two attached hydrogens (primary N) is 1. The number of phenolic OH excluding ortho intramolecular Hbond substituents is 1. The lowest BCUT2D eigenvalue weighted by Crippen LogP contribution is -2.32. The predicted molar refractivity (Wildman–Crippen MR) is 77.3 cm³/mol. The quantitative estimate of drug-likeness (QED) is 0.724. The zero-order valence-corrected chi connectivity index (χ0v) is 11.2. The second kappa shape index (κ2) is 6.19. The standard InChI is InChI=1S/C16H15NO4/c17-14(16(20)21)9-10-1-3-11(4-2-10)15(19)12-5-7-13(18)8-6-12/h1-8,14,18H,9,17H2,(H,20,21)/t14-/m0/s1. The number of phenols is 1. The molecule has 21 heavy (non-hydrogen) atoms. The van der Waals surface area contributed by atoms with Crippen LogP contribution in [0.15, 0.2) is 48.5 Å². The highest BCUT2D eigenvalue weighted by Crippen LogP contribution is 2.15. The second-order valence-electron chi connectivity index (χ2n) is 4.72. The van der Waals surface area contributed by atoms with E-state index < -0.39 is 12.0 Å². The molecule has 0 amide bonds. The molecule has 0 spiro atoms. The molecule has 0 heterocycles. The van der Waals surface area contributed by atoms with Crippen molar-refractivity contribution < 1.29 is 19.8 Å². The molecule has 0 saturated carbocycles. The van der Waals surface area contributed by atoms with Gasteiger partial charge in [-0.05, 0) is 36.2 Å². The van der Waals surface area contributed by atoms with Crippen LogP contribution in [0, 0.1) is 0 Å². The fourth-order valence-corrected chi connectivity index (χ4v) is 1.91. The van der Waals surface area contributed by atoms with E-state index in [4.69, 9.17) is 10.8 Å². The zero-order chi connectivity index (χ0) is 15.4. The van der Waals surface area contributed by atoms with Crippen molar-refractivity contribution in [2.24, 2.45) is 5.73 Å². The topological polar surface area (TPSA) is 101 Å². The molecule has 0 aliphatic heterocycles. The summed E-state index contributed by atoms with van der Waals surface area (Å²) in [5.41, 5.74) is 7.19. The molecule has 0 aromatic heterocycles. The molecule has 4 N–H and O–H groups in total. The lowest BCUT2D eigenvalue weighted by atomic mass is 10.00. The van der Waals surface area contributed by atoms with E-state index in [1.54, 1.807) is 36.4 Å². The molecule has 0 aliphatic rings. The second-order valence-corrected chi connectivity index (χ2v) is 4.72. The third-order valence-electron chi connectivity index (χ3n) is 3.12. The maximum Gasteiger partial charge on any atom is 0.320 e. The summed E-state index contributed by atoms with van der Waals surface area (Å²) in [6.07, 6.45) is 0.211. The van der Waals surface area contributed by atoms with E-state index in [0.717, 1.165) is 5.56 Å². The van der Waals surface area contributed by atoms with Crippen LogP contribution in [0.1, 0.15) is 21.5 Å². The van der Waals surface area contributed by atoms with Crippen LogP contribution in [0.2, 0.25) is 0 Å². The molecule has 1 atom stereocenters. The Balaban J connectivity index is 2.13. The summed E-state index contributed by atoms with van der Waals surface area (Å²) in [6, 6.07) is 11.7. The first-order valence-electron chi connectivity index (χ1n) is 6.38. The summed E-state index contributed by atoms with van der Waals surface area (Å²) < 4.78 is 0. The minimum absolute atomic E-state index is 0.101. The van der Waals surface area contributed by atoms with Crippen molar-refractivity contribution in [1.82, 2.24) is 0 Å². The van der Waals surface area contributed by atoms with E-state index in [9.17, 15) is 14.7 Å². The highest BCUT2D eigenvalue weighted by molar-refractivity contribution is 6.09. The van der Waals surface area contributed by atoms with Gasteiger partial charge in [0.25, 0.3) is 0 Å². The first kappa shape index (κ1) is 14.7. The summed E-state index contributed by atoms with van der Waals surface area (Å²) in [6.45, 7) is 0. The number of carboxylic acid groups (broad SMARTS) is 1. The van der Waals surface area contributed by atoms with Crippen LogP contribution in [0.5, 0.6) is 5.75 Å². The number of benzene rings is 2. The molecular formula is C16H15NO4. The van der Waals surface area contributed by atoms with Gasteiger partial charge in [-0.3, -0.25) is 9.59 Å². The molecule has 2 aromatic carbocycles. The molecule has 0 aliphatic carbocycles. The Morgan fingerprint density at radius 3 is 1.90 bits per heavy atom. The molecule has 0 unspecified atom stereocenters. The lowest BCUT2D eigenvalue weighted by molar-refractivity contribution is -0.138. The van der Waals surface area contributed by atoms with Gasteiger partial charge in [-0.2, -0.15) is 0 Å². The zero-order valence-electron chi connectivity index (χ0n) is 11.2. The van der Waals surface area contributed by atoms with Crippen molar-refractivity contribution >= 4 is 11.8 Å². The van der Waals surface area contributed by atoms with Crippen LogP contribution < -0.4 is 5.73 Å². The van der Waals surface area contributed by atoms with Crippen LogP contribution in [0.25, 0.3) is 0 Å². The summed E-state index contributed by atoms with van der Waals surface area (Å²) in [7, 11) is 0. The maximum absolute atomic E-state index is 12.2. The Hall–Kier alpha value is -2.66. The molecule has 0 radical (unpaired) electrons. The van der Waals surface area contributed by atoms with Crippen LogP contribution in [-0.4, -0.2) is 28.0 Å². The van der Waals surface area contributed by atoms with Crippen molar-refractivity contribution in [2.75, 3.05) is 0 Å². The Labute approximate surface area is 121 Å². The normalized spacial score (nSPS) is 11.9. The average Bonchev–Trinajstić information content (AvgIpc) is 2.48. The Bertz CT molecular complexity index is 647. The first-order chi connectivity index (χ1) is 9.97. The molecule has 5 heteroatoms. The largest absolute Gasteiger partial charge is 0.508 e. The number of aliphatic carboxylic acids is 1. The van der Waals surface area contributed by atoms with E-state index in [2.05, 4.69) is 0 Å². The van der Waals surface area contributed by atoms with E-state index in [-0.39, 0.29) is 18.0 Å². The fraction of sp³-hybridized carbons (Fsp3) is 0.125. The minimum Gasteiger partial charge on any atom is -0.508 e. The monoisotopic (exact) mass is 285 g/mol. The van der Waals surface area contributed by atoms with E-state index >= 15 is 0 Å². The van der Waals surface area contributed by atoms with Crippen molar-refractivity contribution in [2.45, 2.75) is 12.5 Å². The molecule has 0 bridgehead atoms. The number of rotatable bonds is 5. The van der Waals surface area contributed by atoms with Crippen LogP contribution >= 0.6 is 0 Å². The number of carboxylic acids is 1. The van der Waals surface area contributed by atoms with Gasteiger partial charge in [0.2, 0.25) is 0 Å². The average molecular weight is 285 g/mol. The highest BCUT2D eigenvalue weighted by Gasteiger charge is 2.13. The first-order valence-corrected chi connectivity index (χ1v) is 6.38. The van der Waals surface area contributed by atoms with Gasteiger partial charge in [-0.25, -0.2) is 0 Å². The van der Waals surface area contributed by atoms with E-state index in [1.165, 1.54) is 12.1 Å². The van der Waals surface area contributed by atoms with Crippen molar-refractivity contribution in [3.05, 3.63) is 65.2 Å². The summed E-state index contributed by atoms with van der Waals surface area (Å²) in [5.74, 6) is -1.12. The van der Waals surface area contributed by atoms with Gasteiger partial charge in [0.05, 0.1) is 0 Å². The van der Waals surface area contributed by atoms with Gasteiger partial charge >= 0.3 is 5.97 Å². The third-order valence-corrected chi connectivity index (χ3v) is 3.12. The number of ketones is 1. The number of hydrogen-bond donors (Lipinski definition) is 3. The van der Waals surface area contributed by atoms with Crippen molar-refractivity contribution in [3.8, 4) is 5.75 Å². The minimum atomic E-state index is -1.06. The molecule has 2 aromatic rings. The molecule has 2 rings (SSSR count).